The van der Waals surface area contributed by atoms with Crippen LogP contribution in [0.2, 0.25) is 0 Å². The van der Waals surface area contributed by atoms with Crippen LogP contribution in [0.1, 0.15) is 13.3 Å². The lowest BCUT2D eigenvalue weighted by Gasteiger charge is -2.16. The van der Waals surface area contributed by atoms with Gasteiger partial charge in [-0.1, -0.05) is 13.0 Å². The van der Waals surface area contributed by atoms with Gasteiger partial charge in [-0.25, -0.2) is 4.98 Å². The van der Waals surface area contributed by atoms with E-state index in [1.54, 1.807) is 6.07 Å². The number of aromatic nitrogens is 2. The summed E-state index contributed by atoms with van der Waals surface area (Å²) in [5.74, 6) is 0.671. The van der Waals surface area contributed by atoms with E-state index in [0.717, 1.165) is 12.1 Å². The van der Waals surface area contributed by atoms with Crippen molar-refractivity contribution in [1.82, 2.24) is 9.97 Å². The second-order valence-electron chi connectivity index (χ2n) is 4.91. The largest absolute Gasteiger partial charge is 0.394 e. The maximum absolute atomic E-state index is 13.1. The molecule has 1 heterocycles. The third-order valence-corrected chi connectivity index (χ3v) is 4.57. The van der Waals surface area contributed by atoms with Crippen LogP contribution >= 0.6 is 15.9 Å². The Balaban J connectivity index is 2.25. The molecule has 1 aromatic heterocycles. The molecule has 24 heavy (non-hydrogen) atoms. The van der Waals surface area contributed by atoms with Crippen LogP contribution in [0.3, 0.4) is 0 Å². The van der Waals surface area contributed by atoms with Crippen LogP contribution in [-0.2, 0) is 10.2 Å². The van der Waals surface area contributed by atoms with Crippen molar-refractivity contribution in [2.45, 2.75) is 24.3 Å². The Kier molecular flexibility index (Phi) is 6.08. The van der Waals surface area contributed by atoms with Crippen LogP contribution in [0.5, 0.6) is 0 Å². The van der Waals surface area contributed by atoms with Gasteiger partial charge in [0.05, 0.1) is 17.1 Å². The van der Waals surface area contributed by atoms with Gasteiger partial charge in [-0.2, -0.15) is 13.4 Å². The van der Waals surface area contributed by atoms with E-state index >= 15 is 0 Å². The number of nitrogens with one attached hydrogen (secondary N) is 2. The molecule has 0 bridgehead atoms. The second kappa shape index (κ2) is 7.86. The minimum absolute atomic E-state index is 0.0495. The SMILES string of the molecule is CC[C@H](CO)Nc1nc(Nc2cccc(S(=O)(=O)F)c2)ncc1Br. The molecule has 10 heteroatoms. The van der Waals surface area contributed by atoms with Gasteiger partial charge in [0.2, 0.25) is 5.95 Å². The van der Waals surface area contributed by atoms with Crippen molar-refractivity contribution in [2.24, 2.45) is 0 Å². The maximum Gasteiger partial charge on any atom is 0.332 e. The highest BCUT2D eigenvalue weighted by Crippen LogP contribution is 2.24. The number of rotatable bonds is 7. The smallest absolute Gasteiger partial charge is 0.332 e. The molecule has 0 saturated heterocycles. The number of hydrogen-bond donors (Lipinski definition) is 3. The fourth-order valence-corrected chi connectivity index (χ4v) is 2.67. The first-order valence-electron chi connectivity index (χ1n) is 7.05. The van der Waals surface area contributed by atoms with Gasteiger partial charge >= 0.3 is 10.2 Å². The number of halogens is 2. The predicted octanol–water partition coefficient (Wildman–Crippen LogP) is 2.82. The first-order valence-corrected chi connectivity index (χ1v) is 9.22. The quantitative estimate of drug-likeness (QED) is 0.593. The molecule has 0 radical (unpaired) electrons. The molecule has 0 amide bonds. The third-order valence-electron chi connectivity index (χ3n) is 3.17. The van der Waals surface area contributed by atoms with Crippen molar-refractivity contribution >= 4 is 43.6 Å². The van der Waals surface area contributed by atoms with Crippen LogP contribution in [0.15, 0.2) is 39.8 Å². The summed E-state index contributed by atoms with van der Waals surface area (Å²) < 4.78 is 35.6. The molecule has 0 spiro atoms. The molecule has 3 N–H and O–H groups in total. The van der Waals surface area contributed by atoms with Gasteiger partial charge in [0.15, 0.2) is 0 Å². The van der Waals surface area contributed by atoms with Gasteiger partial charge in [-0.05, 0) is 40.5 Å². The monoisotopic (exact) mass is 418 g/mol. The van der Waals surface area contributed by atoms with Crippen molar-refractivity contribution in [3.05, 3.63) is 34.9 Å². The summed E-state index contributed by atoms with van der Waals surface area (Å²) in [5, 5.41) is 15.1. The number of benzene rings is 1. The Hall–Kier alpha value is -1.78. The standard InChI is InChI=1S/C14H16BrFN4O3S/c1-2-9(8-21)18-13-12(15)7-17-14(20-13)19-10-4-3-5-11(6-10)24(16,22)23/h3-7,9,21H,2,8H2,1H3,(H2,17,18,19,20)/t9-/m1/s1. The van der Waals surface area contributed by atoms with Gasteiger partial charge in [-0.15, -0.1) is 3.89 Å². The lowest BCUT2D eigenvalue weighted by atomic mass is 10.2. The van der Waals surface area contributed by atoms with E-state index in [0.29, 0.717) is 22.4 Å². The summed E-state index contributed by atoms with van der Waals surface area (Å²) in [6.45, 7) is 1.87. The topological polar surface area (TPSA) is 104 Å². The Morgan fingerprint density at radius 3 is 2.79 bits per heavy atom. The average Bonchev–Trinajstić information content (AvgIpc) is 2.55. The van der Waals surface area contributed by atoms with Crippen molar-refractivity contribution in [3.8, 4) is 0 Å². The van der Waals surface area contributed by atoms with E-state index in [4.69, 9.17) is 0 Å². The van der Waals surface area contributed by atoms with Crippen LogP contribution in [0, 0.1) is 0 Å². The highest BCUT2D eigenvalue weighted by molar-refractivity contribution is 9.10. The Bertz CT molecular complexity index is 815. The molecule has 7 nitrogen and oxygen atoms in total. The number of aliphatic hydroxyl groups is 1. The molecule has 0 fully saturated rings. The second-order valence-corrected chi connectivity index (χ2v) is 7.11. The number of aliphatic hydroxyl groups excluding tert-OH is 1. The summed E-state index contributed by atoms with van der Waals surface area (Å²) in [4.78, 5) is 7.88. The zero-order valence-corrected chi connectivity index (χ0v) is 15.1. The lowest BCUT2D eigenvalue weighted by molar-refractivity contribution is 0.271. The van der Waals surface area contributed by atoms with E-state index < -0.39 is 15.1 Å². The van der Waals surface area contributed by atoms with E-state index in [9.17, 15) is 17.4 Å². The molecule has 0 aliphatic carbocycles. The van der Waals surface area contributed by atoms with Gasteiger partial charge in [0.1, 0.15) is 10.7 Å². The first-order chi connectivity index (χ1) is 11.3. The minimum Gasteiger partial charge on any atom is -0.394 e. The van der Waals surface area contributed by atoms with Crippen molar-refractivity contribution in [2.75, 3.05) is 17.2 Å². The Labute approximate surface area is 147 Å². The van der Waals surface area contributed by atoms with Gasteiger partial charge in [-0.3, -0.25) is 0 Å². The maximum atomic E-state index is 13.1. The Morgan fingerprint density at radius 2 is 2.17 bits per heavy atom. The van der Waals surface area contributed by atoms with Crippen LogP contribution in [-0.4, -0.2) is 36.1 Å². The molecular formula is C14H16BrFN4O3S. The molecule has 0 unspecified atom stereocenters. The van der Waals surface area contributed by atoms with Crippen LogP contribution in [0.25, 0.3) is 0 Å². The fraction of sp³-hybridized carbons (Fsp3) is 0.286. The van der Waals surface area contributed by atoms with E-state index in [1.165, 1.54) is 12.3 Å². The normalized spacial score (nSPS) is 12.7. The minimum atomic E-state index is -4.78. The number of hydrogen-bond acceptors (Lipinski definition) is 7. The highest BCUT2D eigenvalue weighted by Gasteiger charge is 2.13. The zero-order chi connectivity index (χ0) is 17.7. The zero-order valence-electron chi connectivity index (χ0n) is 12.7. The number of nitrogens with zero attached hydrogens (tertiary/aromatic N) is 2. The first kappa shape index (κ1) is 18.6. The van der Waals surface area contributed by atoms with E-state index in [-0.39, 0.29) is 18.6 Å². The highest BCUT2D eigenvalue weighted by atomic mass is 79.9. The molecular weight excluding hydrogens is 403 g/mol. The molecule has 130 valence electrons. The van der Waals surface area contributed by atoms with E-state index in [2.05, 4.69) is 36.5 Å². The van der Waals surface area contributed by atoms with Gasteiger partial charge in [0.25, 0.3) is 0 Å². The molecule has 2 aromatic rings. The van der Waals surface area contributed by atoms with Gasteiger partial charge < -0.3 is 15.7 Å². The molecule has 2 rings (SSSR count). The summed E-state index contributed by atoms with van der Waals surface area (Å²) in [6, 6.07) is 5.12. The predicted molar refractivity (Wildman–Crippen MR) is 92.5 cm³/mol. The fourth-order valence-electron chi connectivity index (χ4n) is 1.85. The molecule has 0 aliphatic rings. The van der Waals surface area contributed by atoms with Crippen LogP contribution in [0.4, 0.5) is 21.3 Å². The summed E-state index contributed by atoms with van der Waals surface area (Å²) in [5.41, 5.74) is 0.330. The molecule has 0 saturated carbocycles. The van der Waals surface area contributed by atoms with Crippen molar-refractivity contribution < 1.29 is 17.4 Å². The summed E-state index contributed by atoms with van der Waals surface area (Å²) in [7, 11) is -4.78. The third kappa shape index (κ3) is 4.86. The lowest BCUT2D eigenvalue weighted by Crippen LogP contribution is -2.23. The average molecular weight is 419 g/mol. The summed E-state index contributed by atoms with van der Waals surface area (Å²) in [6.07, 6.45) is 2.21. The summed E-state index contributed by atoms with van der Waals surface area (Å²) >= 11 is 3.31. The Morgan fingerprint density at radius 1 is 1.42 bits per heavy atom. The van der Waals surface area contributed by atoms with Gasteiger partial charge in [0, 0.05) is 11.9 Å². The molecule has 1 atom stereocenters. The van der Waals surface area contributed by atoms with Crippen molar-refractivity contribution in [1.29, 1.82) is 0 Å². The van der Waals surface area contributed by atoms with Crippen molar-refractivity contribution in [3.63, 3.8) is 0 Å². The van der Waals surface area contributed by atoms with Crippen LogP contribution < -0.4 is 10.6 Å². The molecule has 0 aliphatic heterocycles. The van der Waals surface area contributed by atoms with E-state index in [1.807, 2.05) is 6.92 Å². The molecule has 1 aromatic carbocycles. The number of anilines is 3.